The van der Waals surface area contributed by atoms with Crippen LogP contribution in [0.4, 0.5) is 5.13 Å². The number of para-hydroxylation sites is 1. The predicted octanol–water partition coefficient (Wildman–Crippen LogP) is 6.29. The maximum absolute atomic E-state index is 12.4. The number of anilines is 1. The number of carbonyl (C=O) groups excluding carboxylic acids is 1. The highest BCUT2D eigenvalue weighted by atomic mass is 32.1. The molecule has 1 amide bonds. The molecule has 3 rings (SSSR count). The number of thiazole rings is 1. The van der Waals surface area contributed by atoms with Gasteiger partial charge < -0.3 is 14.2 Å². The van der Waals surface area contributed by atoms with Crippen LogP contribution in [-0.4, -0.2) is 31.2 Å². The molecule has 0 aliphatic rings. The highest BCUT2D eigenvalue weighted by Crippen LogP contribution is 2.32. The van der Waals surface area contributed by atoms with Crippen molar-refractivity contribution in [2.75, 3.05) is 25.6 Å². The van der Waals surface area contributed by atoms with Crippen LogP contribution in [0, 0.1) is 5.92 Å². The lowest BCUT2D eigenvalue weighted by Gasteiger charge is -2.12. The van der Waals surface area contributed by atoms with Gasteiger partial charge in [-0.2, -0.15) is 0 Å². The van der Waals surface area contributed by atoms with E-state index in [4.69, 9.17) is 14.2 Å². The van der Waals surface area contributed by atoms with Gasteiger partial charge >= 0.3 is 0 Å². The van der Waals surface area contributed by atoms with Crippen molar-refractivity contribution in [3.63, 3.8) is 0 Å². The number of nitrogens with one attached hydrogen (secondary N) is 1. The van der Waals surface area contributed by atoms with Crippen molar-refractivity contribution < 1.29 is 19.0 Å². The molecule has 0 saturated heterocycles. The van der Waals surface area contributed by atoms with Crippen molar-refractivity contribution in [3.8, 4) is 28.5 Å². The average Bonchev–Trinajstić information content (AvgIpc) is 3.26. The van der Waals surface area contributed by atoms with Gasteiger partial charge in [0, 0.05) is 17.0 Å². The largest absolute Gasteiger partial charge is 0.493 e. The Morgan fingerprint density at radius 1 is 1.12 bits per heavy atom. The normalized spacial score (nSPS) is 11.1. The fourth-order valence-corrected chi connectivity index (χ4v) is 3.76. The first-order valence-electron chi connectivity index (χ1n) is 11.0. The van der Waals surface area contributed by atoms with Gasteiger partial charge in [-0.05, 0) is 55.2 Å². The zero-order chi connectivity index (χ0) is 23.6. The average molecular weight is 467 g/mol. The smallest absolute Gasteiger partial charge is 0.250 e. The van der Waals surface area contributed by atoms with Crippen LogP contribution in [0.5, 0.6) is 17.2 Å². The number of ether oxygens (including phenoxy) is 3. The van der Waals surface area contributed by atoms with E-state index in [0.29, 0.717) is 35.8 Å². The molecule has 0 saturated carbocycles. The van der Waals surface area contributed by atoms with Crippen LogP contribution < -0.4 is 19.5 Å². The Hall–Kier alpha value is -3.32. The van der Waals surface area contributed by atoms with Crippen LogP contribution >= 0.6 is 11.3 Å². The van der Waals surface area contributed by atoms with Gasteiger partial charge in [0.2, 0.25) is 5.91 Å². The minimum absolute atomic E-state index is 0.259. The Bertz CT molecular complexity index is 1090. The SMILES string of the molecule is CCOc1ccccc1-c1csc(NC(=O)/C=C/c2ccc(OCCC(C)C)c(OC)c2)n1. The summed E-state index contributed by atoms with van der Waals surface area (Å²) in [6, 6.07) is 13.3. The summed E-state index contributed by atoms with van der Waals surface area (Å²) in [5.41, 5.74) is 2.50. The lowest BCUT2D eigenvalue weighted by atomic mass is 10.1. The van der Waals surface area contributed by atoms with Gasteiger partial charge in [0.1, 0.15) is 5.75 Å². The molecule has 6 nitrogen and oxygen atoms in total. The van der Waals surface area contributed by atoms with E-state index >= 15 is 0 Å². The molecule has 33 heavy (non-hydrogen) atoms. The van der Waals surface area contributed by atoms with Crippen molar-refractivity contribution in [1.82, 2.24) is 4.98 Å². The van der Waals surface area contributed by atoms with Gasteiger partial charge in [0.25, 0.3) is 0 Å². The van der Waals surface area contributed by atoms with Crippen molar-refractivity contribution in [1.29, 1.82) is 0 Å². The van der Waals surface area contributed by atoms with E-state index in [0.717, 1.165) is 29.0 Å². The zero-order valence-electron chi connectivity index (χ0n) is 19.5. The van der Waals surface area contributed by atoms with Crippen LogP contribution in [0.25, 0.3) is 17.3 Å². The number of rotatable bonds is 11. The van der Waals surface area contributed by atoms with Crippen LogP contribution in [0.2, 0.25) is 0 Å². The van der Waals surface area contributed by atoms with Crippen molar-refractivity contribution in [2.24, 2.45) is 5.92 Å². The van der Waals surface area contributed by atoms with Crippen LogP contribution in [0.3, 0.4) is 0 Å². The molecule has 0 aliphatic heterocycles. The first kappa shape index (κ1) is 24.3. The van der Waals surface area contributed by atoms with E-state index in [1.54, 1.807) is 13.2 Å². The molecule has 0 fully saturated rings. The Kier molecular flexibility index (Phi) is 8.89. The Balaban J connectivity index is 1.63. The number of aromatic nitrogens is 1. The summed E-state index contributed by atoms with van der Waals surface area (Å²) < 4.78 is 16.9. The number of benzene rings is 2. The first-order chi connectivity index (χ1) is 16.0. The van der Waals surface area contributed by atoms with E-state index in [1.807, 2.05) is 54.8 Å². The summed E-state index contributed by atoms with van der Waals surface area (Å²) >= 11 is 1.37. The van der Waals surface area contributed by atoms with Gasteiger partial charge in [-0.1, -0.05) is 32.0 Å². The lowest BCUT2D eigenvalue weighted by molar-refractivity contribution is -0.111. The molecular formula is C26H30N2O4S. The van der Waals surface area contributed by atoms with E-state index in [1.165, 1.54) is 17.4 Å². The molecule has 2 aromatic carbocycles. The molecule has 174 valence electrons. The van der Waals surface area contributed by atoms with E-state index in [-0.39, 0.29) is 5.91 Å². The number of methoxy groups -OCH3 is 1. The Morgan fingerprint density at radius 2 is 1.94 bits per heavy atom. The van der Waals surface area contributed by atoms with E-state index in [9.17, 15) is 4.79 Å². The fraction of sp³-hybridized carbons (Fsp3) is 0.308. The van der Waals surface area contributed by atoms with Crippen molar-refractivity contribution in [3.05, 3.63) is 59.5 Å². The third-order valence-corrected chi connectivity index (χ3v) is 5.52. The molecule has 0 atom stereocenters. The molecule has 0 radical (unpaired) electrons. The topological polar surface area (TPSA) is 69.7 Å². The minimum Gasteiger partial charge on any atom is -0.493 e. The fourth-order valence-electron chi connectivity index (χ4n) is 3.05. The lowest BCUT2D eigenvalue weighted by Crippen LogP contribution is -2.07. The summed E-state index contributed by atoms with van der Waals surface area (Å²) in [5.74, 6) is 2.42. The van der Waals surface area contributed by atoms with Crippen molar-refractivity contribution >= 4 is 28.5 Å². The second-order valence-electron chi connectivity index (χ2n) is 7.73. The zero-order valence-corrected chi connectivity index (χ0v) is 20.3. The minimum atomic E-state index is -0.259. The maximum Gasteiger partial charge on any atom is 0.250 e. The van der Waals surface area contributed by atoms with Gasteiger partial charge in [-0.25, -0.2) is 4.98 Å². The molecule has 3 aromatic rings. The first-order valence-corrected chi connectivity index (χ1v) is 11.9. The van der Waals surface area contributed by atoms with Crippen LogP contribution in [0.15, 0.2) is 53.9 Å². The highest BCUT2D eigenvalue weighted by Gasteiger charge is 2.11. The number of amides is 1. The molecule has 0 aliphatic carbocycles. The standard InChI is InChI=1S/C26H30N2O4S/c1-5-31-22-9-7-6-8-20(22)21-17-33-26(27-21)28-25(29)13-11-19-10-12-23(24(16-19)30-4)32-15-14-18(2)3/h6-13,16-18H,5,14-15H2,1-4H3,(H,27,28,29)/b13-11+. The summed E-state index contributed by atoms with van der Waals surface area (Å²) in [4.78, 5) is 16.9. The van der Waals surface area contributed by atoms with E-state index in [2.05, 4.69) is 24.1 Å². The summed E-state index contributed by atoms with van der Waals surface area (Å²) in [6.07, 6.45) is 4.18. The number of hydrogen-bond donors (Lipinski definition) is 1. The second-order valence-corrected chi connectivity index (χ2v) is 8.59. The summed E-state index contributed by atoms with van der Waals surface area (Å²) in [5, 5.41) is 5.25. The van der Waals surface area contributed by atoms with E-state index < -0.39 is 0 Å². The molecule has 1 aromatic heterocycles. The molecule has 0 bridgehead atoms. The maximum atomic E-state index is 12.4. The van der Waals surface area contributed by atoms with Gasteiger partial charge in [-0.15, -0.1) is 11.3 Å². The van der Waals surface area contributed by atoms with Crippen LogP contribution in [-0.2, 0) is 4.79 Å². The molecule has 1 N–H and O–H groups in total. The molecular weight excluding hydrogens is 436 g/mol. The monoisotopic (exact) mass is 466 g/mol. The summed E-state index contributed by atoms with van der Waals surface area (Å²) in [6.45, 7) is 7.47. The van der Waals surface area contributed by atoms with Gasteiger partial charge in [-0.3, -0.25) is 10.1 Å². The Labute approximate surface area is 199 Å². The molecule has 1 heterocycles. The van der Waals surface area contributed by atoms with Crippen LogP contribution in [0.1, 0.15) is 32.8 Å². The van der Waals surface area contributed by atoms with Crippen molar-refractivity contribution in [2.45, 2.75) is 27.2 Å². The third kappa shape index (κ3) is 7.08. The molecule has 7 heteroatoms. The van der Waals surface area contributed by atoms with Gasteiger partial charge in [0.15, 0.2) is 16.6 Å². The predicted molar refractivity (Wildman–Crippen MR) is 134 cm³/mol. The highest BCUT2D eigenvalue weighted by molar-refractivity contribution is 7.14. The Morgan fingerprint density at radius 3 is 2.70 bits per heavy atom. The second kappa shape index (κ2) is 12.1. The summed E-state index contributed by atoms with van der Waals surface area (Å²) in [7, 11) is 1.61. The number of carbonyl (C=O) groups is 1. The van der Waals surface area contributed by atoms with Gasteiger partial charge in [0.05, 0.1) is 26.0 Å². The molecule has 0 spiro atoms. The number of nitrogens with zero attached hydrogens (tertiary/aromatic N) is 1. The third-order valence-electron chi connectivity index (χ3n) is 4.76. The molecule has 0 unspecified atom stereocenters. The number of hydrogen-bond acceptors (Lipinski definition) is 6. The quantitative estimate of drug-likeness (QED) is 0.336.